The Labute approximate surface area is 177 Å². The zero-order chi connectivity index (χ0) is 20.1. The molecular weight excluding hydrogens is 408 g/mol. The molecule has 0 aliphatic carbocycles. The van der Waals surface area contributed by atoms with E-state index in [4.69, 9.17) is 5.11 Å². The minimum Gasteiger partial charge on any atom is -0.395 e. The van der Waals surface area contributed by atoms with E-state index in [0.717, 1.165) is 23.1 Å². The summed E-state index contributed by atoms with van der Waals surface area (Å²) in [5, 5.41) is 23.1. The number of aliphatic hydroxyl groups excluding tert-OH is 2. The third kappa shape index (κ3) is 4.89. The van der Waals surface area contributed by atoms with Crippen molar-refractivity contribution in [3.8, 4) is 0 Å². The van der Waals surface area contributed by atoms with Gasteiger partial charge in [0.2, 0.25) is 5.95 Å². The molecule has 0 saturated carbocycles. The van der Waals surface area contributed by atoms with Gasteiger partial charge in [0.15, 0.2) is 5.82 Å². The van der Waals surface area contributed by atoms with Gasteiger partial charge in [0.05, 0.1) is 13.2 Å². The van der Waals surface area contributed by atoms with Crippen molar-refractivity contribution in [2.75, 3.05) is 42.2 Å². The largest absolute Gasteiger partial charge is 0.395 e. The maximum Gasteiger partial charge on any atom is 0.225 e. The van der Waals surface area contributed by atoms with Crippen LogP contribution in [0.15, 0.2) is 41.7 Å². The second kappa shape index (κ2) is 9.57. The highest BCUT2D eigenvalue weighted by Crippen LogP contribution is 2.32. The number of benzene rings is 1. The third-order valence-corrected chi connectivity index (χ3v) is 6.39. The molecule has 0 bridgehead atoms. The minimum atomic E-state index is -0.462. The van der Waals surface area contributed by atoms with Gasteiger partial charge in [-0.15, -0.1) is 11.8 Å². The van der Waals surface area contributed by atoms with E-state index >= 15 is 0 Å². The average molecular weight is 431 g/mol. The van der Waals surface area contributed by atoms with Crippen LogP contribution in [0.2, 0.25) is 0 Å². The lowest BCUT2D eigenvalue weighted by molar-refractivity contribution is 0.264. The molecule has 1 saturated heterocycles. The van der Waals surface area contributed by atoms with Crippen molar-refractivity contribution in [1.82, 2.24) is 19.9 Å². The first kappa shape index (κ1) is 20.1. The summed E-state index contributed by atoms with van der Waals surface area (Å²) < 4.78 is 0. The number of aromatic nitrogens is 4. The van der Waals surface area contributed by atoms with E-state index in [2.05, 4.69) is 37.4 Å². The summed E-state index contributed by atoms with van der Waals surface area (Å²) in [6.07, 6.45) is 1.54. The van der Waals surface area contributed by atoms with Gasteiger partial charge in [-0.05, 0) is 5.56 Å². The summed E-state index contributed by atoms with van der Waals surface area (Å²) in [5.41, 5.74) is 2.08. The van der Waals surface area contributed by atoms with Crippen LogP contribution in [-0.4, -0.2) is 67.6 Å². The molecule has 10 heteroatoms. The Morgan fingerprint density at radius 3 is 2.83 bits per heavy atom. The number of nitrogens with zero attached hydrogens (tertiary/aromatic N) is 5. The summed E-state index contributed by atoms with van der Waals surface area (Å²) in [6, 6.07) is 10.2. The van der Waals surface area contributed by atoms with Gasteiger partial charge in [-0.1, -0.05) is 42.1 Å². The lowest BCUT2D eigenvalue weighted by Gasteiger charge is -2.31. The fraction of sp³-hybridized carbons (Fsp3) is 0.368. The van der Waals surface area contributed by atoms with Crippen molar-refractivity contribution in [2.45, 2.75) is 16.2 Å². The Hall–Kier alpha value is -2.14. The number of nitrogens with one attached hydrogen (secondary N) is 1. The lowest BCUT2D eigenvalue weighted by atomic mass is 10.2. The van der Waals surface area contributed by atoms with Gasteiger partial charge in [-0.2, -0.15) is 4.98 Å². The van der Waals surface area contributed by atoms with Crippen LogP contribution in [0.1, 0.15) is 5.56 Å². The Kier molecular flexibility index (Phi) is 6.65. The molecule has 1 aromatic carbocycles. The molecule has 29 heavy (non-hydrogen) atoms. The summed E-state index contributed by atoms with van der Waals surface area (Å²) in [4.78, 5) is 20.2. The van der Waals surface area contributed by atoms with Crippen LogP contribution >= 0.6 is 23.5 Å². The number of hydrogen-bond acceptors (Lipinski definition) is 10. The number of aliphatic hydroxyl groups is 2. The molecule has 0 radical (unpaired) electrons. The molecule has 1 aliphatic rings. The van der Waals surface area contributed by atoms with Gasteiger partial charge in [-0.3, -0.25) is 0 Å². The minimum absolute atomic E-state index is 0.0172. The molecule has 1 fully saturated rings. The van der Waals surface area contributed by atoms with E-state index in [1.165, 1.54) is 17.3 Å². The molecule has 3 heterocycles. The topological polar surface area (TPSA) is 107 Å². The van der Waals surface area contributed by atoms with E-state index in [-0.39, 0.29) is 6.61 Å². The van der Waals surface area contributed by atoms with Gasteiger partial charge in [0, 0.05) is 24.6 Å². The van der Waals surface area contributed by atoms with Crippen LogP contribution in [-0.2, 0) is 5.75 Å². The van der Waals surface area contributed by atoms with Crippen LogP contribution in [0.4, 0.5) is 11.8 Å². The number of anilines is 2. The number of hydrogen-bond donors (Lipinski definition) is 3. The second-order valence-electron chi connectivity index (χ2n) is 6.44. The molecular formula is C19H22N6O2S2. The van der Waals surface area contributed by atoms with Crippen LogP contribution in [0.3, 0.4) is 0 Å². The molecule has 1 atom stereocenters. The number of rotatable bonds is 7. The quantitative estimate of drug-likeness (QED) is 0.380. The van der Waals surface area contributed by atoms with Crippen molar-refractivity contribution in [3.63, 3.8) is 0 Å². The van der Waals surface area contributed by atoms with E-state index in [1.54, 1.807) is 18.1 Å². The number of fused-ring (bicyclic) bond motifs is 1. The van der Waals surface area contributed by atoms with Crippen molar-refractivity contribution >= 4 is 46.3 Å². The molecule has 8 nitrogen and oxygen atoms in total. The SMILES string of the molecule is OCCNc1nc(N2CCSC(O)C2)c2ncnc(SCc3ccccc3)c2n1. The second-order valence-corrected chi connectivity index (χ2v) is 8.69. The van der Waals surface area contributed by atoms with Crippen LogP contribution in [0.25, 0.3) is 11.0 Å². The van der Waals surface area contributed by atoms with E-state index in [1.807, 2.05) is 23.1 Å². The van der Waals surface area contributed by atoms with Crippen LogP contribution in [0.5, 0.6) is 0 Å². The van der Waals surface area contributed by atoms with Gasteiger partial charge in [0.25, 0.3) is 0 Å². The molecule has 3 N–H and O–H groups in total. The van der Waals surface area contributed by atoms with Gasteiger partial charge in [-0.25, -0.2) is 15.0 Å². The van der Waals surface area contributed by atoms with Crippen molar-refractivity contribution in [1.29, 1.82) is 0 Å². The highest BCUT2D eigenvalue weighted by Gasteiger charge is 2.24. The first-order valence-electron chi connectivity index (χ1n) is 9.33. The van der Waals surface area contributed by atoms with E-state index < -0.39 is 5.44 Å². The van der Waals surface area contributed by atoms with Gasteiger partial charge in [0.1, 0.15) is 27.8 Å². The normalized spacial score (nSPS) is 16.9. The molecule has 3 aromatic rings. The Balaban J connectivity index is 1.71. The third-order valence-electron chi connectivity index (χ3n) is 4.39. The van der Waals surface area contributed by atoms with Crippen LogP contribution < -0.4 is 10.2 Å². The predicted molar refractivity (Wildman–Crippen MR) is 117 cm³/mol. The fourth-order valence-electron chi connectivity index (χ4n) is 3.03. The molecule has 2 aromatic heterocycles. The Morgan fingerprint density at radius 2 is 2.03 bits per heavy atom. The first-order chi connectivity index (χ1) is 14.2. The molecule has 4 rings (SSSR count). The number of β-amino-alcohol motifs (C(OH)–C–C–N with tert-alkyl or cyclic N) is 1. The highest BCUT2D eigenvalue weighted by molar-refractivity contribution is 7.99. The summed E-state index contributed by atoms with van der Waals surface area (Å²) >= 11 is 3.13. The lowest BCUT2D eigenvalue weighted by Crippen LogP contribution is -2.38. The summed E-state index contributed by atoms with van der Waals surface area (Å²) in [7, 11) is 0. The Bertz CT molecular complexity index is 962. The van der Waals surface area contributed by atoms with Crippen LogP contribution in [0, 0.1) is 0 Å². The smallest absolute Gasteiger partial charge is 0.225 e. The number of thioether (sulfide) groups is 2. The molecule has 1 unspecified atom stereocenters. The standard InChI is InChI=1S/C19H22N6O2S2/c26-8-6-20-19-23-16-15(17(24-19)25-7-9-28-14(27)10-25)21-12-22-18(16)29-11-13-4-2-1-3-5-13/h1-5,12,14,26-27H,6-11H2,(H,20,23,24). The maximum absolute atomic E-state index is 10.1. The van der Waals surface area contributed by atoms with Gasteiger partial charge < -0.3 is 20.4 Å². The molecule has 152 valence electrons. The van der Waals surface area contributed by atoms with Crippen molar-refractivity contribution < 1.29 is 10.2 Å². The fourth-order valence-corrected chi connectivity index (χ4v) is 4.81. The Morgan fingerprint density at radius 1 is 1.17 bits per heavy atom. The first-order valence-corrected chi connectivity index (χ1v) is 11.4. The zero-order valence-corrected chi connectivity index (χ0v) is 17.4. The molecule has 0 spiro atoms. The van der Waals surface area contributed by atoms with E-state index in [9.17, 15) is 5.11 Å². The highest BCUT2D eigenvalue weighted by atomic mass is 32.2. The maximum atomic E-state index is 10.1. The molecule has 1 aliphatic heterocycles. The monoisotopic (exact) mass is 430 g/mol. The predicted octanol–water partition coefficient (Wildman–Crippen LogP) is 1.99. The van der Waals surface area contributed by atoms with Gasteiger partial charge >= 0.3 is 0 Å². The zero-order valence-electron chi connectivity index (χ0n) is 15.7. The van der Waals surface area contributed by atoms with E-state index in [0.29, 0.717) is 35.9 Å². The van der Waals surface area contributed by atoms with Crippen molar-refractivity contribution in [2.24, 2.45) is 0 Å². The summed E-state index contributed by atoms with van der Waals surface area (Å²) in [5.74, 6) is 2.68. The van der Waals surface area contributed by atoms with Crippen molar-refractivity contribution in [3.05, 3.63) is 42.2 Å². The molecule has 0 amide bonds. The average Bonchev–Trinajstić information content (AvgIpc) is 2.76. The summed E-state index contributed by atoms with van der Waals surface area (Å²) in [6.45, 7) is 1.58.